The highest BCUT2D eigenvalue weighted by atomic mass is 16.1. The van der Waals surface area contributed by atoms with Crippen molar-refractivity contribution in [3.63, 3.8) is 0 Å². The predicted molar refractivity (Wildman–Crippen MR) is 110 cm³/mol. The lowest BCUT2D eigenvalue weighted by Gasteiger charge is -2.06. The smallest absolute Gasteiger partial charge is 0.163 e. The van der Waals surface area contributed by atoms with Crippen LogP contribution in [0, 0.1) is 13.8 Å². The highest BCUT2D eigenvalue weighted by Crippen LogP contribution is 2.21. The Bertz CT molecular complexity index is 1110. The van der Waals surface area contributed by atoms with Crippen molar-refractivity contribution in [2.24, 2.45) is 0 Å². The lowest BCUT2D eigenvalue weighted by Crippen LogP contribution is -2.01. The molecule has 27 heavy (non-hydrogen) atoms. The van der Waals surface area contributed by atoms with Gasteiger partial charge in [0.05, 0.1) is 11.0 Å². The molecule has 0 bridgehead atoms. The Kier molecular flexibility index (Phi) is 4.59. The quantitative estimate of drug-likeness (QED) is 0.446. The molecule has 0 unspecified atom stereocenters. The van der Waals surface area contributed by atoms with E-state index < -0.39 is 0 Å². The lowest BCUT2D eigenvalue weighted by molar-refractivity contribution is 0.0983. The van der Waals surface area contributed by atoms with Gasteiger partial charge in [-0.3, -0.25) is 9.36 Å². The molecule has 4 aromatic rings. The number of Topliss-reactive ketones (excluding diaryl/α,β-unsaturated/α-hetero) is 1. The Morgan fingerprint density at radius 3 is 2.52 bits per heavy atom. The monoisotopic (exact) mass is 354 g/mol. The van der Waals surface area contributed by atoms with Gasteiger partial charge >= 0.3 is 0 Å². The Morgan fingerprint density at radius 1 is 0.926 bits per heavy atom. The maximum absolute atomic E-state index is 12.6. The number of carbonyl (C=O) groups is 1. The number of rotatable bonds is 5. The van der Waals surface area contributed by atoms with E-state index in [0.717, 1.165) is 28.7 Å². The van der Waals surface area contributed by atoms with Crippen LogP contribution in [0.2, 0.25) is 0 Å². The number of carbonyl (C=O) groups excluding carboxylic acids is 1. The number of hydrogen-bond acceptors (Lipinski definition) is 2. The molecule has 0 atom stereocenters. The van der Waals surface area contributed by atoms with Crippen molar-refractivity contribution in [1.82, 2.24) is 9.55 Å². The minimum absolute atomic E-state index is 0.155. The topological polar surface area (TPSA) is 34.9 Å². The Labute approximate surface area is 159 Å². The molecule has 0 aliphatic rings. The van der Waals surface area contributed by atoms with Crippen LogP contribution in [0.1, 0.15) is 33.5 Å². The van der Waals surface area contributed by atoms with Gasteiger partial charge in [0, 0.05) is 17.7 Å². The minimum atomic E-state index is 0.155. The molecule has 3 heteroatoms. The van der Waals surface area contributed by atoms with Gasteiger partial charge in [-0.15, -0.1) is 0 Å². The Hall–Kier alpha value is -3.20. The predicted octanol–water partition coefficient (Wildman–Crippen LogP) is 5.46. The van der Waals surface area contributed by atoms with Crippen molar-refractivity contribution >= 4 is 16.8 Å². The highest BCUT2D eigenvalue weighted by Gasteiger charge is 2.10. The van der Waals surface area contributed by atoms with Crippen molar-refractivity contribution in [3.05, 3.63) is 95.3 Å². The van der Waals surface area contributed by atoms with Crippen LogP contribution in [-0.4, -0.2) is 15.3 Å². The molecule has 0 radical (unpaired) electrons. The van der Waals surface area contributed by atoms with Crippen LogP contribution >= 0.6 is 0 Å². The number of fused-ring (bicyclic) bond motifs is 1. The highest BCUT2D eigenvalue weighted by molar-refractivity contribution is 5.99. The van der Waals surface area contributed by atoms with Crippen LogP contribution in [0.3, 0.4) is 0 Å². The summed E-state index contributed by atoms with van der Waals surface area (Å²) in [6, 6.07) is 22.5. The maximum Gasteiger partial charge on any atom is 0.163 e. The molecule has 0 spiro atoms. The van der Waals surface area contributed by atoms with Gasteiger partial charge in [-0.25, -0.2) is 4.98 Å². The first-order valence-corrected chi connectivity index (χ1v) is 9.23. The molecule has 3 nitrogen and oxygen atoms in total. The van der Waals surface area contributed by atoms with Gasteiger partial charge in [0.25, 0.3) is 0 Å². The van der Waals surface area contributed by atoms with Crippen LogP contribution in [0.4, 0.5) is 0 Å². The number of ketones is 1. The second kappa shape index (κ2) is 7.20. The first-order chi connectivity index (χ1) is 13.1. The van der Waals surface area contributed by atoms with Crippen LogP contribution in [0.15, 0.2) is 73.1 Å². The zero-order valence-electron chi connectivity index (χ0n) is 15.6. The molecular formula is C24H22N2O. The average molecular weight is 354 g/mol. The van der Waals surface area contributed by atoms with E-state index >= 15 is 0 Å². The van der Waals surface area contributed by atoms with E-state index in [4.69, 9.17) is 0 Å². The summed E-state index contributed by atoms with van der Waals surface area (Å²) in [6.45, 7) is 4.15. The van der Waals surface area contributed by atoms with Gasteiger partial charge in [0.15, 0.2) is 5.78 Å². The van der Waals surface area contributed by atoms with Crippen molar-refractivity contribution in [1.29, 1.82) is 0 Å². The third-order valence-electron chi connectivity index (χ3n) is 4.91. The molecule has 0 saturated heterocycles. The van der Waals surface area contributed by atoms with Gasteiger partial charge in [-0.1, -0.05) is 42.0 Å². The van der Waals surface area contributed by atoms with E-state index in [0.29, 0.717) is 6.42 Å². The van der Waals surface area contributed by atoms with Crippen LogP contribution in [0.25, 0.3) is 16.7 Å². The molecule has 0 amide bonds. The average Bonchev–Trinajstić information content (AvgIpc) is 3.10. The molecular weight excluding hydrogens is 332 g/mol. The SMILES string of the molecule is Cc1ccc(CCC(=O)c2ccc3c(c2)ncn3-c2cccc(C)c2)cc1. The lowest BCUT2D eigenvalue weighted by atomic mass is 10.0. The largest absolute Gasteiger partial charge is 0.299 e. The van der Waals surface area contributed by atoms with Crippen LogP contribution in [0.5, 0.6) is 0 Å². The minimum Gasteiger partial charge on any atom is -0.299 e. The first kappa shape index (κ1) is 17.2. The van der Waals surface area contributed by atoms with Crippen molar-refractivity contribution < 1.29 is 4.79 Å². The zero-order chi connectivity index (χ0) is 18.8. The molecule has 1 heterocycles. The zero-order valence-corrected chi connectivity index (χ0v) is 15.6. The summed E-state index contributed by atoms with van der Waals surface area (Å²) in [7, 11) is 0. The molecule has 134 valence electrons. The second-order valence-corrected chi connectivity index (χ2v) is 7.07. The molecule has 0 fully saturated rings. The summed E-state index contributed by atoms with van der Waals surface area (Å²) in [5.74, 6) is 0.155. The first-order valence-electron chi connectivity index (χ1n) is 9.23. The van der Waals surface area contributed by atoms with Crippen LogP contribution < -0.4 is 0 Å². The normalized spacial score (nSPS) is 11.0. The summed E-state index contributed by atoms with van der Waals surface area (Å²) < 4.78 is 2.06. The van der Waals surface area contributed by atoms with Gasteiger partial charge in [-0.2, -0.15) is 0 Å². The van der Waals surface area contributed by atoms with Crippen molar-refractivity contribution in [3.8, 4) is 5.69 Å². The molecule has 0 saturated carbocycles. The summed E-state index contributed by atoms with van der Waals surface area (Å²) in [4.78, 5) is 17.1. The number of aryl methyl sites for hydroxylation is 3. The third-order valence-corrected chi connectivity index (χ3v) is 4.91. The van der Waals surface area contributed by atoms with E-state index in [2.05, 4.69) is 65.9 Å². The van der Waals surface area contributed by atoms with E-state index in [9.17, 15) is 4.79 Å². The number of nitrogens with zero attached hydrogens (tertiary/aromatic N) is 2. The standard InChI is InChI=1S/C24H22N2O/c1-17-6-8-19(9-7-17)10-13-24(27)20-11-12-23-22(15-20)25-16-26(23)21-5-3-4-18(2)14-21/h3-9,11-12,14-16H,10,13H2,1-2H3. The molecule has 0 N–H and O–H groups in total. The summed E-state index contributed by atoms with van der Waals surface area (Å²) in [6.07, 6.45) is 3.09. The maximum atomic E-state index is 12.6. The fraction of sp³-hybridized carbons (Fsp3) is 0.167. The van der Waals surface area contributed by atoms with Crippen molar-refractivity contribution in [2.75, 3.05) is 0 Å². The summed E-state index contributed by atoms with van der Waals surface area (Å²) >= 11 is 0. The van der Waals surface area contributed by atoms with Crippen LogP contribution in [-0.2, 0) is 6.42 Å². The van der Waals surface area contributed by atoms with Gasteiger partial charge in [-0.05, 0) is 61.7 Å². The van der Waals surface area contributed by atoms with E-state index in [1.807, 2.05) is 30.6 Å². The Balaban J connectivity index is 1.55. The van der Waals surface area contributed by atoms with Gasteiger partial charge < -0.3 is 0 Å². The molecule has 4 rings (SSSR count). The Morgan fingerprint density at radius 2 is 1.74 bits per heavy atom. The van der Waals surface area contributed by atoms with Gasteiger partial charge in [0.2, 0.25) is 0 Å². The molecule has 3 aromatic carbocycles. The van der Waals surface area contributed by atoms with E-state index in [-0.39, 0.29) is 5.78 Å². The number of aromatic nitrogens is 2. The number of imidazole rings is 1. The summed E-state index contributed by atoms with van der Waals surface area (Å²) in [5, 5.41) is 0. The van der Waals surface area contributed by atoms with Crippen molar-refractivity contribution in [2.45, 2.75) is 26.7 Å². The fourth-order valence-electron chi connectivity index (χ4n) is 3.33. The number of benzene rings is 3. The van der Waals surface area contributed by atoms with E-state index in [1.165, 1.54) is 16.7 Å². The van der Waals surface area contributed by atoms with E-state index in [1.54, 1.807) is 0 Å². The van der Waals surface area contributed by atoms with Gasteiger partial charge in [0.1, 0.15) is 6.33 Å². The summed E-state index contributed by atoms with van der Waals surface area (Å²) in [5.41, 5.74) is 7.30. The third kappa shape index (κ3) is 3.68. The fourth-order valence-corrected chi connectivity index (χ4v) is 3.33. The second-order valence-electron chi connectivity index (χ2n) is 7.07. The molecule has 0 aliphatic heterocycles. The molecule has 0 aliphatic carbocycles. The molecule has 1 aromatic heterocycles. The number of hydrogen-bond donors (Lipinski definition) is 0.